The van der Waals surface area contributed by atoms with Crippen molar-refractivity contribution in [2.24, 2.45) is 5.84 Å². The van der Waals surface area contributed by atoms with Gasteiger partial charge < -0.3 is 4.42 Å². The average molecular weight is 247 g/mol. The summed E-state index contributed by atoms with van der Waals surface area (Å²) in [6.07, 6.45) is 0. The molecular formula is C10H9ClF2N2O. The highest BCUT2D eigenvalue weighted by molar-refractivity contribution is 6.22. The average Bonchev–Trinajstić information content (AvgIpc) is 2.59. The zero-order valence-electron chi connectivity index (χ0n) is 8.08. The molecule has 0 saturated carbocycles. The third-order valence-corrected chi connectivity index (χ3v) is 2.44. The van der Waals surface area contributed by atoms with E-state index in [9.17, 15) is 8.78 Å². The van der Waals surface area contributed by atoms with Crippen LogP contribution in [0.1, 0.15) is 11.8 Å². The van der Waals surface area contributed by atoms with Crippen LogP contribution in [0.25, 0.3) is 11.0 Å². The Kier molecular flexibility index (Phi) is 2.84. The molecule has 2 aromatic rings. The summed E-state index contributed by atoms with van der Waals surface area (Å²) in [7, 11) is 0. The number of halogens is 3. The number of furan rings is 1. The van der Waals surface area contributed by atoms with E-state index in [2.05, 4.69) is 0 Å². The van der Waals surface area contributed by atoms with Crippen LogP contribution in [0.15, 0.2) is 34.7 Å². The van der Waals surface area contributed by atoms with Gasteiger partial charge in [-0.05, 0) is 23.7 Å². The monoisotopic (exact) mass is 246 g/mol. The van der Waals surface area contributed by atoms with Crippen molar-refractivity contribution in [1.82, 2.24) is 5.43 Å². The second-order valence-corrected chi connectivity index (χ2v) is 3.83. The van der Waals surface area contributed by atoms with E-state index < -0.39 is 11.4 Å². The quantitative estimate of drug-likeness (QED) is 0.497. The summed E-state index contributed by atoms with van der Waals surface area (Å²) in [6, 6.07) is 6.89. The Morgan fingerprint density at radius 3 is 2.62 bits per heavy atom. The molecule has 0 bridgehead atoms. The minimum absolute atomic E-state index is 0.00343. The van der Waals surface area contributed by atoms with Gasteiger partial charge in [-0.25, -0.2) is 5.43 Å². The van der Waals surface area contributed by atoms with Crippen LogP contribution in [-0.2, 0) is 0 Å². The standard InChI is InChI=1S/C10H9ClF2N2O/c11-10(12,13)9(15-14)8-5-6-3-1-2-4-7(6)16-8/h1-5,9,15H,14H2. The first-order valence-electron chi connectivity index (χ1n) is 4.53. The lowest BCUT2D eigenvalue weighted by Crippen LogP contribution is -2.37. The van der Waals surface area contributed by atoms with Crippen molar-refractivity contribution in [3.63, 3.8) is 0 Å². The molecule has 1 atom stereocenters. The Balaban J connectivity index is 2.46. The molecule has 16 heavy (non-hydrogen) atoms. The summed E-state index contributed by atoms with van der Waals surface area (Å²) in [6.45, 7) is 0. The van der Waals surface area contributed by atoms with Crippen LogP contribution >= 0.6 is 11.6 Å². The molecule has 1 aromatic carbocycles. The lowest BCUT2D eigenvalue weighted by Gasteiger charge is -2.17. The minimum Gasteiger partial charge on any atom is -0.459 e. The first kappa shape index (κ1) is 11.3. The molecule has 0 aliphatic rings. The van der Waals surface area contributed by atoms with Crippen molar-refractivity contribution >= 4 is 22.6 Å². The Bertz CT molecular complexity index is 462. The fourth-order valence-corrected chi connectivity index (χ4v) is 1.65. The zero-order valence-corrected chi connectivity index (χ0v) is 8.84. The van der Waals surface area contributed by atoms with Crippen molar-refractivity contribution in [1.29, 1.82) is 0 Å². The van der Waals surface area contributed by atoms with Crippen LogP contribution in [0.3, 0.4) is 0 Å². The van der Waals surface area contributed by atoms with Crippen molar-refractivity contribution in [3.8, 4) is 0 Å². The van der Waals surface area contributed by atoms with Crippen molar-refractivity contribution in [2.75, 3.05) is 0 Å². The van der Waals surface area contributed by atoms with Crippen LogP contribution in [0.5, 0.6) is 0 Å². The van der Waals surface area contributed by atoms with Crippen LogP contribution in [-0.4, -0.2) is 5.38 Å². The van der Waals surface area contributed by atoms with Gasteiger partial charge in [0.05, 0.1) is 0 Å². The van der Waals surface area contributed by atoms with Crippen LogP contribution in [0.4, 0.5) is 8.78 Å². The summed E-state index contributed by atoms with van der Waals surface area (Å²) in [4.78, 5) is 0. The van der Waals surface area contributed by atoms with Crippen LogP contribution < -0.4 is 11.3 Å². The summed E-state index contributed by atoms with van der Waals surface area (Å²) in [5, 5.41) is -2.79. The summed E-state index contributed by atoms with van der Waals surface area (Å²) in [5.41, 5.74) is 2.46. The lowest BCUT2D eigenvalue weighted by atomic mass is 10.2. The molecule has 0 radical (unpaired) electrons. The third kappa shape index (κ3) is 2.02. The fraction of sp³-hybridized carbons (Fsp3) is 0.200. The molecule has 0 spiro atoms. The SMILES string of the molecule is NNC(c1cc2ccccc2o1)C(F)(F)Cl. The van der Waals surface area contributed by atoms with Crippen molar-refractivity contribution < 1.29 is 13.2 Å². The van der Waals surface area contributed by atoms with Crippen LogP contribution in [0, 0.1) is 0 Å². The van der Waals surface area contributed by atoms with Gasteiger partial charge in [0.2, 0.25) is 0 Å². The molecule has 3 nitrogen and oxygen atoms in total. The normalized spacial score (nSPS) is 14.2. The molecule has 0 aliphatic carbocycles. The van der Waals surface area contributed by atoms with E-state index in [1.54, 1.807) is 24.3 Å². The van der Waals surface area contributed by atoms with Gasteiger partial charge in [0, 0.05) is 5.39 Å². The van der Waals surface area contributed by atoms with E-state index in [0.717, 1.165) is 5.39 Å². The van der Waals surface area contributed by atoms with Gasteiger partial charge in [-0.15, -0.1) is 0 Å². The number of rotatable bonds is 3. The van der Waals surface area contributed by atoms with E-state index in [4.69, 9.17) is 21.9 Å². The number of nitrogens with two attached hydrogens (primary N) is 1. The van der Waals surface area contributed by atoms with E-state index in [1.807, 2.05) is 5.43 Å². The van der Waals surface area contributed by atoms with E-state index in [1.165, 1.54) is 6.07 Å². The Labute approximate surface area is 95.1 Å². The maximum atomic E-state index is 13.0. The van der Waals surface area contributed by atoms with Gasteiger partial charge in [0.25, 0.3) is 0 Å². The summed E-state index contributed by atoms with van der Waals surface area (Å²) < 4.78 is 31.2. The maximum Gasteiger partial charge on any atom is 0.345 e. The van der Waals surface area contributed by atoms with E-state index in [0.29, 0.717) is 5.58 Å². The number of benzene rings is 1. The number of nitrogens with one attached hydrogen (secondary N) is 1. The number of hydrogen-bond donors (Lipinski definition) is 2. The predicted octanol–water partition coefficient (Wildman–Crippen LogP) is 2.77. The highest BCUT2D eigenvalue weighted by Crippen LogP contribution is 2.36. The van der Waals surface area contributed by atoms with Gasteiger partial charge in [-0.3, -0.25) is 5.84 Å². The van der Waals surface area contributed by atoms with Gasteiger partial charge in [-0.2, -0.15) is 8.78 Å². The molecule has 2 rings (SSSR count). The summed E-state index contributed by atoms with van der Waals surface area (Å²) >= 11 is 4.93. The minimum atomic E-state index is -3.51. The zero-order chi connectivity index (χ0) is 11.8. The highest BCUT2D eigenvalue weighted by atomic mass is 35.5. The first-order chi connectivity index (χ1) is 7.52. The molecule has 1 aromatic heterocycles. The summed E-state index contributed by atoms with van der Waals surface area (Å²) in [5.74, 6) is 5.04. The molecule has 0 aliphatic heterocycles. The lowest BCUT2D eigenvalue weighted by molar-refractivity contribution is 0.0417. The molecule has 0 saturated heterocycles. The van der Waals surface area contributed by atoms with Gasteiger partial charge in [-0.1, -0.05) is 18.2 Å². The predicted molar refractivity (Wildman–Crippen MR) is 57.1 cm³/mol. The third-order valence-electron chi connectivity index (χ3n) is 2.22. The number of para-hydroxylation sites is 1. The van der Waals surface area contributed by atoms with Crippen molar-refractivity contribution in [2.45, 2.75) is 11.4 Å². The highest BCUT2D eigenvalue weighted by Gasteiger charge is 2.40. The van der Waals surface area contributed by atoms with Gasteiger partial charge >= 0.3 is 5.38 Å². The van der Waals surface area contributed by atoms with E-state index in [-0.39, 0.29) is 5.76 Å². The fourth-order valence-electron chi connectivity index (χ4n) is 1.48. The number of fused-ring (bicyclic) bond motifs is 1. The maximum absolute atomic E-state index is 13.0. The smallest absolute Gasteiger partial charge is 0.345 e. The second-order valence-electron chi connectivity index (χ2n) is 3.33. The molecular weight excluding hydrogens is 238 g/mol. The van der Waals surface area contributed by atoms with E-state index >= 15 is 0 Å². The largest absolute Gasteiger partial charge is 0.459 e. The second kappa shape index (κ2) is 4.01. The van der Waals surface area contributed by atoms with Gasteiger partial charge in [0.15, 0.2) is 6.04 Å². The molecule has 86 valence electrons. The molecule has 3 N–H and O–H groups in total. The number of hydrazine groups is 1. The Hall–Kier alpha value is -1.17. The first-order valence-corrected chi connectivity index (χ1v) is 4.91. The van der Waals surface area contributed by atoms with Crippen molar-refractivity contribution in [3.05, 3.63) is 36.1 Å². The molecule has 0 fully saturated rings. The Morgan fingerprint density at radius 1 is 1.38 bits per heavy atom. The van der Waals surface area contributed by atoms with Crippen LogP contribution in [0.2, 0.25) is 0 Å². The Morgan fingerprint density at radius 2 is 2.06 bits per heavy atom. The number of alkyl halides is 3. The number of hydrogen-bond acceptors (Lipinski definition) is 3. The topological polar surface area (TPSA) is 51.2 Å². The molecule has 1 heterocycles. The molecule has 1 unspecified atom stereocenters. The van der Waals surface area contributed by atoms with Gasteiger partial charge in [0.1, 0.15) is 11.3 Å². The molecule has 0 amide bonds. The molecule has 6 heteroatoms.